The highest BCUT2D eigenvalue weighted by Gasteiger charge is 2.14. The van der Waals surface area contributed by atoms with Crippen LogP contribution in [-0.4, -0.2) is 39.9 Å². The molecule has 0 amide bonds. The number of benzene rings is 2. The number of fused-ring (bicyclic) bond motifs is 1. The molecule has 2 aromatic heterocycles. The average molecular weight is 472 g/mol. The summed E-state index contributed by atoms with van der Waals surface area (Å²) in [6.07, 6.45) is 1.36. The Bertz CT molecular complexity index is 1430. The van der Waals surface area contributed by atoms with Gasteiger partial charge in [0.15, 0.2) is 10.8 Å². The van der Waals surface area contributed by atoms with Gasteiger partial charge in [0.2, 0.25) is 10.0 Å². The summed E-state index contributed by atoms with van der Waals surface area (Å²) in [6.45, 7) is 0.157. The number of nitrogens with two attached hydrogens (primary N) is 1. The number of ether oxygens (including phenoxy) is 1. The van der Waals surface area contributed by atoms with Crippen LogP contribution in [0.15, 0.2) is 75.6 Å². The third-order valence-electron chi connectivity index (χ3n) is 4.40. The standard InChI is InChI=1S/C20H17N5O5S2/c21-32(28,29)15-8-6-14(7-9-15)25-18-16(10-22-25)19(27)24-20(23-18)31-12-17(26)30-11-13-4-2-1-3-5-13/h1-10H,11-12H2,(H2,21,28,29)(H,23,24,27). The molecule has 2 heterocycles. The monoisotopic (exact) mass is 471 g/mol. The summed E-state index contributed by atoms with van der Waals surface area (Å²) in [5.41, 5.74) is 1.21. The molecule has 32 heavy (non-hydrogen) atoms. The van der Waals surface area contributed by atoms with Gasteiger partial charge in [-0.3, -0.25) is 9.59 Å². The van der Waals surface area contributed by atoms with Crippen LogP contribution in [0.1, 0.15) is 5.56 Å². The van der Waals surface area contributed by atoms with E-state index in [4.69, 9.17) is 9.88 Å². The quantitative estimate of drug-likeness (QED) is 0.234. The Morgan fingerprint density at radius 1 is 1.12 bits per heavy atom. The van der Waals surface area contributed by atoms with Gasteiger partial charge in [0.1, 0.15) is 12.0 Å². The SMILES string of the molecule is NS(=O)(=O)c1ccc(-n2ncc3c(=O)[nH]c(SCC(=O)OCc4ccccc4)nc32)cc1. The number of rotatable bonds is 7. The lowest BCUT2D eigenvalue weighted by Gasteiger charge is -2.06. The van der Waals surface area contributed by atoms with Crippen molar-refractivity contribution in [2.45, 2.75) is 16.7 Å². The van der Waals surface area contributed by atoms with Gasteiger partial charge in [-0.15, -0.1) is 0 Å². The number of primary sulfonamides is 1. The predicted molar refractivity (Wildman–Crippen MR) is 118 cm³/mol. The molecule has 0 saturated heterocycles. The third-order valence-corrected chi connectivity index (χ3v) is 6.17. The van der Waals surface area contributed by atoms with Crippen molar-refractivity contribution in [3.63, 3.8) is 0 Å². The Morgan fingerprint density at radius 2 is 1.84 bits per heavy atom. The highest BCUT2D eigenvalue weighted by molar-refractivity contribution is 7.99. The summed E-state index contributed by atoms with van der Waals surface area (Å²) in [4.78, 5) is 31.4. The van der Waals surface area contributed by atoms with Crippen molar-refractivity contribution in [2.24, 2.45) is 5.14 Å². The number of carbonyl (C=O) groups excluding carboxylic acids is 1. The largest absolute Gasteiger partial charge is 0.460 e. The van der Waals surface area contributed by atoms with Crippen LogP contribution in [0.3, 0.4) is 0 Å². The molecule has 0 unspecified atom stereocenters. The number of esters is 1. The zero-order valence-electron chi connectivity index (χ0n) is 16.5. The molecule has 0 fully saturated rings. The summed E-state index contributed by atoms with van der Waals surface area (Å²) < 4.78 is 29.5. The maximum absolute atomic E-state index is 12.4. The topological polar surface area (TPSA) is 150 Å². The zero-order chi connectivity index (χ0) is 22.7. The highest BCUT2D eigenvalue weighted by atomic mass is 32.2. The van der Waals surface area contributed by atoms with Crippen LogP contribution < -0.4 is 10.7 Å². The third kappa shape index (κ3) is 4.88. The first kappa shape index (κ1) is 21.7. The number of aromatic nitrogens is 4. The van der Waals surface area contributed by atoms with Crippen molar-refractivity contribution in [1.29, 1.82) is 0 Å². The summed E-state index contributed by atoms with van der Waals surface area (Å²) in [6, 6.07) is 15.0. The van der Waals surface area contributed by atoms with Crippen molar-refractivity contribution in [1.82, 2.24) is 19.7 Å². The first-order valence-corrected chi connectivity index (χ1v) is 11.8. The van der Waals surface area contributed by atoms with Crippen molar-refractivity contribution < 1.29 is 17.9 Å². The molecule has 10 nitrogen and oxygen atoms in total. The van der Waals surface area contributed by atoms with Gasteiger partial charge < -0.3 is 9.72 Å². The van der Waals surface area contributed by atoms with E-state index >= 15 is 0 Å². The number of hydrogen-bond donors (Lipinski definition) is 2. The Balaban J connectivity index is 1.51. The van der Waals surface area contributed by atoms with Crippen LogP contribution in [0.25, 0.3) is 16.7 Å². The Hall–Kier alpha value is -3.48. The molecule has 0 aliphatic carbocycles. The molecule has 3 N–H and O–H groups in total. The van der Waals surface area contributed by atoms with Gasteiger partial charge in [-0.1, -0.05) is 42.1 Å². The molecule has 0 atom stereocenters. The number of aromatic amines is 1. The molecule has 0 saturated carbocycles. The Morgan fingerprint density at radius 3 is 2.53 bits per heavy atom. The molecule has 0 aliphatic heterocycles. The zero-order valence-corrected chi connectivity index (χ0v) is 18.1. The van der Waals surface area contributed by atoms with Crippen LogP contribution in [0.4, 0.5) is 0 Å². The van der Waals surface area contributed by atoms with Crippen LogP contribution in [0.2, 0.25) is 0 Å². The van der Waals surface area contributed by atoms with Gasteiger partial charge in [0.05, 0.1) is 22.5 Å². The average Bonchev–Trinajstić information content (AvgIpc) is 3.21. The van der Waals surface area contributed by atoms with E-state index in [1.165, 1.54) is 35.1 Å². The summed E-state index contributed by atoms with van der Waals surface area (Å²) in [5, 5.41) is 9.76. The fourth-order valence-corrected chi connectivity index (χ4v) is 4.01. The van der Waals surface area contributed by atoms with Crippen LogP contribution in [0, 0.1) is 0 Å². The van der Waals surface area contributed by atoms with Gasteiger partial charge >= 0.3 is 5.97 Å². The lowest BCUT2D eigenvalue weighted by Crippen LogP contribution is -2.13. The normalized spacial score (nSPS) is 11.5. The Labute approximate surface area is 186 Å². The first-order chi connectivity index (χ1) is 15.3. The van der Waals surface area contributed by atoms with Gasteiger partial charge in [-0.25, -0.2) is 23.2 Å². The van der Waals surface area contributed by atoms with Crippen LogP contribution >= 0.6 is 11.8 Å². The van der Waals surface area contributed by atoms with E-state index in [0.29, 0.717) is 5.69 Å². The lowest BCUT2D eigenvalue weighted by atomic mass is 10.2. The minimum Gasteiger partial charge on any atom is -0.460 e. The molecule has 0 radical (unpaired) electrons. The number of thioether (sulfide) groups is 1. The van der Waals surface area contributed by atoms with E-state index in [-0.39, 0.29) is 33.4 Å². The van der Waals surface area contributed by atoms with E-state index < -0.39 is 21.6 Å². The number of H-pyrrole nitrogens is 1. The summed E-state index contributed by atoms with van der Waals surface area (Å²) >= 11 is 1.03. The molecule has 4 rings (SSSR count). The van der Waals surface area contributed by atoms with E-state index in [1.807, 2.05) is 30.3 Å². The summed E-state index contributed by atoms with van der Waals surface area (Å²) in [5.74, 6) is -0.493. The molecule has 0 spiro atoms. The van der Waals surface area contributed by atoms with Crippen LogP contribution in [-0.2, 0) is 26.2 Å². The minimum absolute atomic E-state index is 0.0432. The molecule has 164 valence electrons. The molecule has 0 aliphatic rings. The van der Waals surface area contributed by atoms with Gasteiger partial charge in [0, 0.05) is 0 Å². The van der Waals surface area contributed by atoms with Crippen LogP contribution in [0.5, 0.6) is 0 Å². The van der Waals surface area contributed by atoms with E-state index in [9.17, 15) is 18.0 Å². The highest BCUT2D eigenvalue weighted by Crippen LogP contribution is 2.19. The predicted octanol–water partition coefficient (Wildman–Crippen LogP) is 1.59. The van der Waals surface area contributed by atoms with Crippen molar-refractivity contribution >= 4 is 38.8 Å². The van der Waals surface area contributed by atoms with E-state index in [0.717, 1.165) is 17.3 Å². The fraction of sp³-hybridized carbons (Fsp3) is 0.100. The van der Waals surface area contributed by atoms with Gasteiger partial charge in [-0.2, -0.15) is 5.10 Å². The van der Waals surface area contributed by atoms with Crippen molar-refractivity contribution in [3.8, 4) is 5.69 Å². The number of carbonyl (C=O) groups is 1. The maximum atomic E-state index is 12.4. The maximum Gasteiger partial charge on any atom is 0.316 e. The summed E-state index contributed by atoms with van der Waals surface area (Å²) in [7, 11) is -3.83. The molecule has 4 aromatic rings. The number of hydrogen-bond acceptors (Lipinski definition) is 8. The van der Waals surface area contributed by atoms with E-state index in [2.05, 4.69) is 15.1 Å². The van der Waals surface area contributed by atoms with Crippen molar-refractivity contribution in [3.05, 3.63) is 76.7 Å². The number of sulfonamides is 1. The lowest BCUT2D eigenvalue weighted by molar-refractivity contribution is -0.141. The second-order valence-corrected chi connectivity index (χ2v) is 9.16. The molecular weight excluding hydrogens is 454 g/mol. The van der Waals surface area contributed by atoms with Gasteiger partial charge in [0.25, 0.3) is 5.56 Å². The number of nitrogens with one attached hydrogen (secondary N) is 1. The second kappa shape index (κ2) is 8.94. The molecule has 2 aromatic carbocycles. The minimum atomic E-state index is -3.83. The smallest absolute Gasteiger partial charge is 0.316 e. The molecule has 12 heteroatoms. The second-order valence-electron chi connectivity index (χ2n) is 6.64. The molecular formula is C20H17N5O5S2. The van der Waals surface area contributed by atoms with Gasteiger partial charge in [-0.05, 0) is 29.8 Å². The first-order valence-electron chi connectivity index (χ1n) is 9.25. The Kier molecular flexibility index (Phi) is 6.08. The van der Waals surface area contributed by atoms with Crippen molar-refractivity contribution in [2.75, 3.05) is 5.75 Å². The van der Waals surface area contributed by atoms with E-state index in [1.54, 1.807) is 0 Å². The molecule has 0 bridgehead atoms. The number of nitrogens with zero attached hydrogens (tertiary/aromatic N) is 3. The fourth-order valence-electron chi connectivity index (χ4n) is 2.84.